The molecular weight excluding hydrogens is 346 g/mol. The zero-order valence-electron chi connectivity index (χ0n) is 17.8. The summed E-state index contributed by atoms with van der Waals surface area (Å²) < 4.78 is 0. The standard InChI is InChI=1S/C23H37N5/c1-3-26-13-15-27(16-14-26)18-21-8-5-4-7-20(21)17-25-22(24-2)28-12-11-23(19-28)9-6-10-23/h4-5,7-8H,3,6,9-19H2,1-2H3,(H,24,25). The van der Waals surface area contributed by atoms with Crippen LogP contribution in [-0.4, -0.2) is 73.5 Å². The van der Waals surface area contributed by atoms with Crippen LogP contribution in [-0.2, 0) is 13.1 Å². The third kappa shape index (κ3) is 4.36. The molecule has 2 heterocycles. The molecule has 1 saturated carbocycles. The van der Waals surface area contributed by atoms with E-state index in [0.29, 0.717) is 5.41 Å². The lowest BCUT2D eigenvalue weighted by molar-refractivity contribution is 0.131. The van der Waals surface area contributed by atoms with Gasteiger partial charge in [-0.25, -0.2) is 0 Å². The number of aliphatic imine (C=N–C) groups is 1. The van der Waals surface area contributed by atoms with Crippen molar-refractivity contribution in [2.45, 2.75) is 45.7 Å². The van der Waals surface area contributed by atoms with E-state index >= 15 is 0 Å². The largest absolute Gasteiger partial charge is 0.352 e. The summed E-state index contributed by atoms with van der Waals surface area (Å²) in [6.07, 6.45) is 5.58. The summed E-state index contributed by atoms with van der Waals surface area (Å²) in [6.45, 7) is 12.4. The maximum atomic E-state index is 4.59. The highest BCUT2D eigenvalue weighted by molar-refractivity contribution is 5.80. The topological polar surface area (TPSA) is 34.1 Å². The van der Waals surface area contributed by atoms with E-state index in [2.05, 4.69) is 56.2 Å². The molecule has 3 fully saturated rings. The molecule has 0 bridgehead atoms. The van der Waals surface area contributed by atoms with Crippen molar-refractivity contribution in [3.8, 4) is 0 Å². The fraction of sp³-hybridized carbons (Fsp3) is 0.696. The number of guanidine groups is 1. The van der Waals surface area contributed by atoms with Crippen LogP contribution in [0.25, 0.3) is 0 Å². The molecule has 0 atom stereocenters. The molecule has 5 nitrogen and oxygen atoms in total. The number of hydrogen-bond donors (Lipinski definition) is 1. The molecular formula is C23H37N5. The molecule has 154 valence electrons. The average Bonchev–Trinajstić information content (AvgIpc) is 3.16. The van der Waals surface area contributed by atoms with Gasteiger partial charge in [-0.1, -0.05) is 37.6 Å². The van der Waals surface area contributed by atoms with Gasteiger partial charge in [0.15, 0.2) is 5.96 Å². The second-order valence-corrected chi connectivity index (χ2v) is 8.90. The van der Waals surface area contributed by atoms with Gasteiger partial charge in [-0.3, -0.25) is 9.89 Å². The van der Waals surface area contributed by atoms with Crippen LogP contribution < -0.4 is 5.32 Å². The Hall–Kier alpha value is -1.59. The Balaban J connectivity index is 1.33. The number of piperazine rings is 1. The maximum Gasteiger partial charge on any atom is 0.193 e. The van der Waals surface area contributed by atoms with Crippen LogP contribution in [0, 0.1) is 5.41 Å². The lowest BCUT2D eigenvalue weighted by atomic mass is 9.68. The number of nitrogens with zero attached hydrogens (tertiary/aromatic N) is 4. The summed E-state index contributed by atoms with van der Waals surface area (Å²) in [5.74, 6) is 1.08. The Labute approximate surface area is 170 Å². The van der Waals surface area contributed by atoms with Crippen molar-refractivity contribution in [1.82, 2.24) is 20.0 Å². The molecule has 0 aromatic heterocycles. The highest BCUT2D eigenvalue weighted by Crippen LogP contribution is 2.47. The molecule has 0 amide bonds. The molecule has 1 spiro atoms. The van der Waals surface area contributed by atoms with Crippen LogP contribution in [0.1, 0.15) is 43.7 Å². The molecule has 2 saturated heterocycles. The van der Waals surface area contributed by atoms with Crippen LogP contribution in [0.3, 0.4) is 0 Å². The first kappa shape index (κ1) is 19.7. The molecule has 0 radical (unpaired) electrons. The zero-order chi connectivity index (χ0) is 19.4. The van der Waals surface area contributed by atoms with Gasteiger partial charge in [0.05, 0.1) is 0 Å². The van der Waals surface area contributed by atoms with Gasteiger partial charge in [-0.2, -0.15) is 0 Å². The van der Waals surface area contributed by atoms with Gasteiger partial charge >= 0.3 is 0 Å². The summed E-state index contributed by atoms with van der Waals surface area (Å²) in [5.41, 5.74) is 3.46. The predicted molar refractivity (Wildman–Crippen MR) is 117 cm³/mol. The van der Waals surface area contributed by atoms with E-state index in [1.165, 1.54) is 76.1 Å². The first-order valence-electron chi connectivity index (χ1n) is 11.2. The molecule has 5 heteroatoms. The summed E-state index contributed by atoms with van der Waals surface area (Å²) in [7, 11) is 1.92. The summed E-state index contributed by atoms with van der Waals surface area (Å²) in [6, 6.07) is 8.91. The van der Waals surface area contributed by atoms with Crippen LogP contribution in [0.5, 0.6) is 0 Å². The SMILES string of the molecule is CCN1CCN(Cc2ccccc2CNC(=NC)N2CCC3(CCC3)C2)CC1. The monoisotopic (exact) mass is 383 g/mol. The van der Waals surface area contributed by atoms with Gasteiger partial charge in [-0.05, 0) is 42.3 Å². The van der Waals surface area contributed by atoms with Crippen molar-refractivity contribution < 1.29 is 0 Å². The lowest BCUT2D eigenvalue weighted by Crippen LogP contribution is -2.45. The van der Waals surface area contributed by atoms with Gasteiger partial charge in [-0.15, -0.1) is 0 Å². The number of likely N-dealkylation sites (tertiary alicyclic amines) is 1. The predicted octanol–water partition coefficient (Wildman–Crippen LogP) is 2.78. The third-order valence-corrected chi connectivity index (χ3v) is 7.23. The number of likely N-dealkylation sites (N-methyl/N-ethyl adjacent to an activating group) is 1. The second-order valence-electron chi connectivity index (χ2n) is 8.90. The zero-order valence-corrected chi connectivity index (χ0v) is 17.8. The fourth-order valence-electron chi connectivity index (χ4n) is 5.10. The Morgan fingerprint density at radius 3 is 2.32 bits per heavy atom. The molecule has 1 aromatic rings. The smallest absolute Gasteiger partial charge is 0.193 e. The van der Waals surface area contributed by atoms with E-state index < -0.39 is 0 Å². The molecule has 4 rings (SSSR count). The number of benzene rings is 1. The van der Waals surface area contributed by atoms with Gasteiger partial charge in [0, 0.05) is 59.4 Å². The maximum absolute atomic E-state index is 4.59. The molecule has 3 aliphatic rings. The van der Waals surface area contributed by atoms with E-state index in [-0.39, 0.29) is 0 Å². The van der Waals surface area contributed by atoms with E-state index in [9.17, 15) is 0 Å². The second kappa shape index (κ2) is 8.83. The van der Waals surface area contributed by atoms with E-state index in [1.54, 1.807) is 0 Å². The van der Waals surface area contributed by atoms with Gasteiger partial charge in [0.25, 0.3) is 0 Å². The Bertz CT molecular complexity index is 673. The van der Waals surface area contributed by atoms with Gasteiger partial charge < -0.3 is 15.1 Å². The number of hydrogen-bond acceptors (Lipinski definition) is 3. The highest BCUT2D eigenvalue weighted by Gasteiger charge is 2.43. The first-order chi connectivity index (χ1) is 13.7. The number of rotatable bonds is 5. The Kier molecular flexibility index (Phi) is 6.22. The Morgan fingerprint density at radius 2 is 1.71 bits per heavy atom. The van der Waals surface area contributed by atoms with Crippen molar-refractivity contribution in [3.05, 3.63) is 35.4 Å². The minimum atomic E-state index is 0.607. The van der Waals surface area contributed by atoms with Crippen LogP contribution in [0.2, 0.25) is 0 Å². The first-order valence-corrected chi connectivity index (χ1v) is 11.2. The van der Waals surface area contributed by atoms with Crippen molar-refractivity contribution >= 4 is 5.96 Å². The minimum absolute atomic E-state index is 0.607. The lowest BCUT2D eigenvalue weighted by Gasteiger charge is -2.38. The molecule has 1 N–H and O–H groups in total. The van der Waals surface area contributed by atoms with Gasteiger partial charge in [0.1, 0.15) is 0 Å². The molecule has 28 heavy (non-hydrogen) atoms. The molecule has 2 aliphatic heterocycles. The summed E-state index contributed by atoms with van der Waals surface area (Å²) in [4.78, 5) is 12.2. The quantitative estimate of drug-likeness (QED) is 0.626. The van der Waals surface area contributed by atoms with Crippen molar-refractivity contribution in [3.63, 3.8) is 0 Å². The summed E-state index contributed by atoms with van der Waals surface area (Å²) >= 11 is 0. The van der Waals surface area contributed by atoms with Crippen LogP contribution in [0.4, 0.5) is 0 Å². The fourth-order valence-corrected chi connectivity index (χ4v) is 5.10. The Morgan fingerprint density at radius 1 is 1.00 bits per heavy atom. The third-order valence-electron chi connectivity index (χ3n) is 7.23. The summed E-state index contributed by atoms with van der Waals surface area (Å²) in [5, 5.41) is 3.66. The van der Waals surface area contributed by atoms with Crippen molar-refractivity contribution in [2.75, 3.05) is 52.9 Å². The molecule has 1 aliphatic carbocycles. The molecule has 1 aromatic carbocycles. The van der Waals surface area contributed by atoms with E-state index in [4.69, 9.17) is 0 Å². The van der Waals surface area contributed by atoms with Crippen LogP contribution in [0.15, 0.2) is 29.3 Å². The minimum Gasteiger partial charge on any atom is -0.352 e. The molecule has 0 unspecified atom stereocenters. The van der Waals surface area contributed by atoms with Gasteiger partial charge in [0.2, 0.25) is 0 Å². The van der Waals surface area contributed by atoms with Crippen LogP contribution >= 0.6 is 0 Å². The van der Waals surface area contributed by atoms with Crippen molar-refractivity contribution in [2.24, 2.45) is 10.4 Å². The van der Waals surface area contributed by atoms with Crippen molar-refractivity contribution in [1.29, 1.82) is 0 Å². The van der Waals surface area contributed by atoms with E-state index in [1.807, 2.05) is 7.05 Å². The average molecular weight is 384 g/mol. The van der Waals surface area contributed by atoms with E-state index in [0.717, 1.165) is 25.6 Å². The normalized spacial score (nSPS) is 23.2. The highest BCUT2D eigenvalue weighted by atomic mass is 15.3. The number of nitrogens with one attached hydrogen (secondary N) is 1.